The van der Waals surface area contributed by atoms with Crippen LogP contribution in [0.15, 0.2) is 18.2 Å². The highest BCUT2D eigenvalue weighted by Crippen LogP contribution is 2.26. The molecule has 0 aliphatic carbocycles. The zero-order chi connectivity index (χ0) is 14.5. The lowest BCUT2D eigenvalue weighted by Crippen LogP contribution is -2.18. The fourth-order valence-electron chi connectivity index (χ4n) is 1.53. The van der Waals surface area contributed by atoms with Crippen molar-refractivity contribution in [1.82, 2.24) is 0 Å². The van der Waals surface area contributed by atoms with E-state index in [1.807, 2.05) is 27.7 Å². The van der Waals surface area contributed by atoms with Gasteiger partial charge in [-0.15, -0.1) is 0 Å². The van der Waals surface area contributed by atoms with Crippen molar-refractivity contribution in [3.63, 3.8) is 0 Å². The Morgan fingerprint density at radius 3 is 2.58 bits per heavy atom. The maximum absolute atomic E-state index is 10.9. The third-order valence-corrected chi connectivity index (χ3v) is 2.49. The first-order valence-corrected chi connectivity index (χ1v) is 6.48. The Hall–Kier alpha value is -1.62. The number of nitro groups is 1. The first kappa shape index (κ1) is 15.4. The molecule has 0 atom stereocenters. The molecule has 1 aromatic carbocycles. The molecule has 0 bridgehead atoms. The largest absolute Gasteiger partial charge is 0.379 e. The molecule has 0 heterocycles. The molecular formula is C14H22N2O3. The minimum absolute atomic E-state index is 0.105. The van der Waals surface area contributed by atoms with Crippen LogP contribution >= 0.6 is 0 Å². The molecule has 0 amide bonds. The van der Waals surface area contributed by atoms with E-state index in [0.29, 0.717) is 18.8 Å². The fourth-order valence-corrected chi connectivity index (χ4v) is 1.53. The number of nitrogens with one attached hydrogen (secondary N) is 1. The number of nitro benzene ring substituents is 1. The van der Waals surface area contributed by atoms with Crippen molar-refractivity contribution in [3.8, 4) is 0 Å². The van der Waals surface area contributed by atoms with Crippen LogP contribution in [-0.2, 0) is 11.3 Å². The molecule has 106 valence electrons. The van der Waals surface area contributed by atoms with Crippen molar-refractivity contribution in [2.75, 3.05) is 11.9 Å². The molecule has 5 heteroatoms. The third kappa shape index (κ3) is 5.26. The molecule has 1 aromatic rings. The minimum atomic E-state index is -0.369. The molecule has 0 saturated heterocycles. The van der Waals surface area contributed by atoms with E-state index in [9.17, 15) is 10.1 Å². The number of rotatable bonds is 6. The molecule has 0 saturated carbocycles. The lowest BCUT2D eigenvalue weighted by Gasteiger charge is -2.19. The van der Waals surface area contributed by atoms with Crippen molar-refractivity contribution in [2.24, 2.45) is 0 Å². The second kappa shape index (κ2) is 6.52. The van der Waals surface area contributed by atoms with Crippen LogP contribution in [0.1, 0.15) is 39.7 Å². The Labute approximate surface area is 114 Å². The van der Waals surface area contributed by atoms with E-state index in [-0.39, 0.29) is 16.2 Å². The van der Waals surface area contributed by atoms with Crippen LogP contribution in [0.3, 0.4) is 0 Å². The summed E-state index contributed by atoms with van der Waals surface area (Å²) in [5.74, 6) is 0. The lowest BCUT2D eigenvalue weighted by molar-refractivity contribution is -0.384. The third-order valence-electron chi connectivity index (χ3n) is 2.49. The number of nitrogens with zero attached hydrogens (tertiary/aromatic N) is 1. The number of hydrogen-bond donors (Lipinski definition) is 1. The summed E-state index contributed by atoms with van der Waals surface area (Å²) in [5, 5.41) is 14.0. The predicted octanol–water partition coefficient (Wildman–Crippen LogP) is 3.73. The van der Waals surface area contributed by atoms with Gasteiger partial charge in [-0.2, -0.15) is 0 Å². The maximum atomic E-state index is 10.9. The van der Waals surface area contributed by atoms with Crippen molar-refractivity contribution in [2.45, 2.75) is 46.3 Å². The molecule has 19 heavy (non-hydrogen) atoms. The second-order valence-corrected chi connectivity index (χ2v) is 5.44. The molecule has 0 spiro atoms. The van der Waals surface area contributed by atoms with Gasteiger partial charge in [-0.1, -0.05) is 6.92 Å². The average molecular weight is 266 g/mol. The van der Waals surface area contributed by atoms with Crippen LogP contribution in [0.5, 0.6) is 0 Å². The van der Waals surface area contributed by atoms with Gasteiger partial charge in [0.15, 0.2) is 0 Å². The van der Waals surface area contributed by atoms with E-state index in [1.165, 1.54) is 6.07 Å². The summed E-state index contributed by atoms with van der Waals surface area (Å²) in [7, 11) is 0. The van der Waals surface area contributed by atoms with Crippen LogP contribution in [0.4, 0.5) is 11.4 Å². The van der Waals surface area contributed by atoms with Crippen molar-refractivity contribution in [3.05, 3.63) is 33.9 Å². The van der Waals surface area contributed by atoms with Gasteiger partial charge in [0, 0.05) is 12.6 Å². The molecule has 0 radical (unpaired) electrons. The molecule has 0 fully saturated rings. The average Bonchev–Trinajstić information content (AvgIpc) is 2.32. The Morgan fingerprint density at radius 2 is 2.05 bits per heavy atom. The van der Waals surface area contributed by atoms with Gasteiger partial charge in [-0.25, -0.2) is 0 Å². The van der Waals surface area contributed by atoms with Gasteiger partial charge < -0.3 is 10.1 Å². The van der Waals surface area contributed by atoms with Gasteiger partial charge in [0.05, 0.1) is 17.1 Å². The fraction of sp³-hybridized carbons (Fsp3) is 0.571. The highest BCUT2D eigenvalue weighted by Gasteiger charge is 2.15. The molecule has 0 aliphatic heterocycles. The van der Waals surface area contributed by atoms with E-state index in [1.54, 1.807) is 12.1 Å². The predicted molar refractivity (Wildman–Crippen MR) is 76.4 cm³/mol. The molecular weight excluding hydrogens is 244 g/mol. The molecule has 0 aliphatic rings. The van der Waals surface area contributed by atoms with E-state index in [0.717, 1.165) is 12.0 Å². The summed E-state index contributed by atoms with van der Waals surface area (Å²) in [4.78, 5) is 10.6. The van der Waals surface area contributed by atoms with Crippen LogP contribution < -0.4 is 5.32 Å². The highest BCUT2D eigenvalue weighted by molar-refractivity contribution is 5.62. The van der Waals surface area contributed by atoms with Crippen LogP contribution in [0.2, 0.25) is 0 Å². The summed E-state index contributed by atoms with van der Waals surface area (Å²) in [6, 6.07) is 5.06. The van der Waals surface area contributed by atoms with Gasteiger partial charge in [0.2, 0.25) is 0 Å². The summed E-state index contributed by atoms with van der Waals surface area (Å²) < 4.78 is 5.68. The standard InChI is InChI=1S/C14H22N2O3/c1-5-8-15-12-9-11(10-19-14(2,3)4)6-7-13(12)16(17)18/h6-7,9,15H,5,8,10H2,1-4H3. The Kier molecular flexibility index (Phi) is 5.30. The summed E-state index contributed by atoms with van der Waals surface area (Å²) in [5.41, 5.74) is 1.37. The second-order valence-electron chi connectivity index (χ2n) is 5.44. The Balaban J connectivity index is 2.88. The zero-order valence-electron chi connectivity index (χ0n) is 12.0. The molecule has 5 nitrogen and oxygen atoms in total. The maximum Gasteiger partial charge on any atom is 0.292 e. The Bertz CT molecular complexity index is 439. The number of anilines is 1. The van der Waals surface area contributed by atoms with Gasteiger partial charge in [0.25, 0.3) is 5.69 Å². The van der Waals surface area contributed by atoms with Crippen molar-refractivity contribution in [1.29, 1.82) is 0 Å². The first-order chi connectivity index (χ1) is 8.83. The number of benzene rings is 1. The highest BCUT2D eigenvalue weighted by atomic mass is 16.6. The smallest absolute Gasteiger partial charge is 0.292 e. The summed E-state index contributed by atoms with van der Waals surface area (Å²) in [6.07, 6.45) is 0.917. The van der Waals surface area contributed by atoms with E-state index in [2.05, 4.69) is 5.32 Å². The number of ether oxygens (including phenoxy) is 1. The normalized spacial score (nSPS) is 11.4. The quantitative estimate of drug-likeness (QED) is 0.629. The van der Waals surface area contributed by atoms with E-state index in [4.69, 9.17) is 4.74 Å². The molecule has 1 rings (SSSR count). The first-order valence-electron chi connectivity index (χ1n) is 6.48. The SMILES string of the molecule is CCCNc1cc(COC(C)(C)C)ccc1[N+](=O)[O-]. The van der Waals surface area contributed by atoms with Gasteiger partial charge in [0.1, 0.15) is 5.69 Å². The monoisotopic (exact) mass is 266 g/mol. The summed E-state index contributed by atoms with van der Waals surface area (Å²) >= 11 is 0. The van der Waals surface area contributed by atoms with Crippen LogP contribution in [-0.4, -0.2) is 17.1 Å². The summed E-state index contributed by atoms with van der Waals surface area (Å²) in [6.45, 7) is 9.12. The molecule has 1 N–H and O–H groups in total. The van der Waals surface area contributed by atoms with E-state index >= 15 is 0 Å². The number of hydrogen-bond acceptors (Lipinski definition) is 4. The molecule has 0 aromatic heterocycles. The van der Waals surface area contributed by atoms with Gasteiger partial charge >= 0.3 is 0 Å². The van der Waals surface area contributed by atoms with Gasteiger partial charge in [-0.05, 0) is 44.9 Å². The van der Waals surface area contributed by atoms with Crippen molar-refractivity contribution >= 4 is 11.4 Å². The minimum Gasteiger partial charge on any atom is -0.379 e. The lowest BCUT2D eigenvalue weighted by atomic mass is 10.1. The van der Waals surface area contributed by atoms with Crippen LogP contribution in [0.25, 0.3) is 0 Å². The van der Waals surface area contributed by atoms with Gasteiger partial charge in [-0.3, -0.25) is 10.1 Å². The van der Waals surface area contributed by atoms with Crippen molar-refractivity contribution < 1.29 is 9.66 Å². The van der Waals surface area contributed by atoms with Crippen LogP contribution in [0, 0.1) is 10.1 Å². The topological polar surface area (TPSA) is 64.4 Å². The Morgan fingerprint density at radius 1 is 1.37 bits per heavy atom. The molecule has 0 unspecified atom stereocenters. The zero-order valence-corrected chi connectivity index (χ0v) is 12.0. The van der Waals surface area contributed by atoms with E-state index < -0.39 is 0 Å².